The van der Waals surface area contributed by atoms with Crippen LogP contribution in [0.25, 0.3) is 0 Å². The van der Waals surface area contributed by atoms with Gasteiger partial charge in [0.15, 0.2) is 0 Å². The lowest BCUT2D eigenvalue weighted by molar-refractivity contribution is -0.139. The first-order chi connectivity index (χ1) is 17.2. The van der Waals surface area contributed by atoms with Crippen LogP contribution >= 0.6 is 22.6 Å². The van der Waals surface area contributed by atoms with E-state index in [0.717, 1.165) is 0 Å². The Hall–Kier alpha value is -2.00. The quantitative estimate of drug-likeness (QED) is 0.0888. The lowest BCUT2D eigenvalue weighted by Crippen LogP contribution is -2.48. The molecule has 0 unspecified atom stereocenters. The summed E-state index contributed by atoms with van der Waals surface area (Å²) < 4.78 is 10.3. The smallest absolute Gasteiger partial charge is 0.239 e. The summed E-state index contributed by atoms with van der Waals surface area (Å²) in [5.74, 6) is -1.47. The summed E-state index contributed by atoms with van der Waals surface area (Å²) in [6.07, 6.45) is 0.0714. The molecule has 0 aromatic heterocycles. The molecule has 0 spiro atoms. The molecule has 5 amide bonds. The van der Waals surface area contributed by atoms with E-state index in [1.165, 1.54) is 4.90 Å². The summed E-state index contributed by atoms with van der Waals surface area (Å²) in [5.41, 5.74) is 0. The maximum atomic E-state index is 12.6. The first kappa shape index (κ1) is 35.0. The molecule has 0 saturated heterocycles. The number of nitrogens with one attached hydrogen (secondary N) is 4. The second kappa shape index (κ2) is 19.1. The molecule has 0 bridgehead atoms. The number of amides is 5. The molecule has 0 radical (unpaired) electrons. The fourth-order valence-electron chi connectivity index (χ4n) is 2.80. The highest BCUT2D eigenvalue weighted by molar-refractivity contribution is 14.1. The SMILES string of the molecule is CC(C)NC(=O)CN(CC(=O)NC(C)C)C(=O)CCNC(=O)CCOCCOCCNC(=O)C(C)(C)I. The van der Waals surface area contributed by atoms with Gasteiger partial charge in [0.1, 0.15) is 13.1 Å². The molecule has 214 valence electrons. The van der Waals surface area contributed by atoms with Crippen LogP contribution in [0.15, 0.2) is 0 Å². The van der Waals surface area contributed by atoms with Gasteiger partial charge in [-0.25, -0.2) is 0 Å². The van der Waals surface area contributed by atoms with Gasteiger partial charge in [-0.2, -0.15) is 0 Å². The zero-order valence-corrected chi connectivity index (χ0v) is 25.1. The summed E-state index contributed by atoms with van der Waals surface area (Å²) in [5, 5.41) is 10.8. The Labute approximate surface area is 233 Å². The van der Waals surface area contributed by atoms with Gasteiger partial charge in [-0.1, -0.05) is 22.6 Å². The van der Waals surface area contributed by atoms with E-state index < -0.39 is 9.33 Å². The minimum Gasteiger partial charge on any atom is -0.379 e. The van der Waals surface area contributed by atoms with Crippen molar-refractivity contribution in [2.45, 2.75) is 69.9 Å². The number of halogens is 1. The van der Waals surface area contributed by atoms with Crippen LogP contribution in [0.5, 0.6) is 0 Å². The Kier molecular flexibility index (Phi) is 18.1. The molecular formula is C24H44IN5O7. The molecule has 0 atom stereocenters. The lowest BCUT2D eigenvalue weighted by Gasteiger charge is -2.23. The van der Waals surface area contributed by atoms with Gasteiger partial charge >= 0.3 is 0 Å². The molecule has 0 aliphatic rings. The number of hydrogen-bond donors (Lipinski definition) is 4. The van der Waals surface area contributed by atoms with Gasteiger partial charge in [0, 0.05) is 38.0 Å². The van der Waals surface area contributed by atoms with Crippen LogP contribution in [0.2, 0.25) is 0 Å². The van der Waals surface area contributed by atoms with Crippen molar-refractivity contribution < 1.29 is 33.4 Å². The van der Waals surface area contributed by atoms with Crippen LogP contribution in [0.1, 0.15) is 54.4 Å². The minimum atomic E-state index is -0.470. The molecular weight excluding hydrogens is 597 g/mol. The second-order valence-electron chi connectivity index (χ2n) is 9.50. The van der Waals surface area contributed by atoms with E-state index in [0.29, 0.717) is 26.4 Å². The van der Waals surface area contributed by atoms with E-state index in [1.54, 1.807) is 27.7 Å². The topological polar surface area (TPSA) is 155 Å². The van der Waals surface area contributed by atoms with E-state index in [-0.39, 0.29) is 74.8 Å². The lowest BCUT2D eigenvalue weighted by atomic mass is 10.2. The van der Waals surface area contributed by atoms with Crippen LogP contribution in [0.3, 0.4) is 0 Å². The molecule has 0 rings (SSSR count). The number of carbonyl (C=O) groups excluding carboxylic acids is 5. The van der Waals surface area contributed by atoms with Crippen molar-refractivity contribution in [1.82, 2.24) is 26.2 Å². The standard InChI is InChI=1S/C24H44IN5O7/c1-17(2)28-20(32)15-30(16-21(33)29-18(3)4)22(34)7-9-26-19(31)8-11-36-13-14-37-12-10-27-23(35)24(5,6)25/h17-18H,7-16H2,1-6H3,(H,26,31)(H,27,35)(H,28,32)(H,29,33). The third-order valence-electron chi connectivity index (χ3n) is 4.50. The molecule has 0 aliphatic carbocycles. The maximum absolute atomic E-state index is 12.6. The van der Waals surface area contributed by atoms with E-state index >= 15 is 0 Å². The van der Waals surface area contributed by atoms with E-state index in [1.807, 2.05) is 13.8 Å². The molecule has 0 fully saturated rings. The molecule has 37 heavy (non-hydrogen) atoms. The fraction of sp³-hybridized carbons (Fsp3) is 0.792. The highest BCUT2D eigenvalue weighted by Gasteiger charge is 2.23. The number of hydrogen-bond acceptors (Lipinski definition) is 7. The highest BCUT2D eigenvalue weighted by atomic mass is 127. The fourth-order valence-corrected chi connectivity index (χ4v) is 2.99. The van der Waals surface area contributed by atoms with Crippen LogP contribution in [-0.4, -0.2) is 103 Å². The van der Waals surface area contributed by atoms with Gasteiger partial charge in [0.05, 0.1) is 29.8 Å². The van der Waals surface area contributed by atoms with Crippen molar-refractivity contribution in [3.05, 3.63) is 0 Å². The van der Waals surface area contributed by atoms with Gasteiger partial charge in [-0.15, -0.1) is 0 Å². The Morgan fingerprint density at radius 1 is 0.730 bits per heavy atom. The molecule has 4 N–H and O–H groups in total. The Balaban J connectivity index is 4.17. The van der Waals surface area contributed by atoms with Crippen LogP contribution in [-0.2, 0) is 33.4 Å². The zero-order valence-electron chi connectivity index (χ0n) is 22.9. The predicted molar refractivity (Wildman–Crippen MR) is 148 cm³/mol. The number of ether oxygens (including phenoxy) is 2. The van der Waals surface area contributed by atoms with Gasteiger partial charge in [0.25, 0.3) is 0 Å². The maximum Gasteiger partial charge on any atom is 0.239 e. The van der Waals surface area contributed by atoms with Gasteiger partial charge in [-0.05, 0) is 41.5 Å². The van der Waals surface area contributed by atoms with E-state index in [4.69, 9.17) is 9.47 Å². The number of carbonyl (C=O) groups is 5. The molecule has 0 aliphatic heterocycles. The molecule has 12 nitrogen and oxygen atoms in total. The van der Waals surface area contributed by atoms with Crippen molar-refractivity contribution in [3.63, 3.8) is 0 Å². The summed E-state index contributed by atoms with van der Waals surface area (Å²) in [7, 11) is 0. The predicted octanol–water partition coefficient (Wildman–Crippen LogP) is 0.124. The zero-order chi connectivity index (χ0) is 28.4. The molecule has 0 saturated carbocycles. The Morgan fingerprint density at radius 2 is 1.24 bits per heavy atom. The average Bonchev–Trinajstić information content (AvgIpc) is 2.75. The normalized spacial score (nSPS) is 11.3. The van der Waals surface area contributed by atoms with Gasteiger partial charge in [0.2, 0.25) is 29.5 Å². The first-order valence-electron chi connectivity index (χ1n) is 12.5. The molecule has 0 aromatic rings. The van der Waals surface area contributed by atoms with Gasteiger partial charge in [-0.3, -0.25) is 24.0 Å². The van der Waals surface area contributed by atoms with E-state index in [9.17, 15) is 24.0 Å². The summed E-state index contributed by atoms with van der Waals surface area (Å²) >= 11 is 2.07. The van der Waals surface area contributed by atoms with Crippen LogP contribution in [0, 0.1) is 0 Å². The number of alkyl halides is 1. The Morgan fingerprint density at radius 3 is 1.73 bits per heavy atom. The number of nitrogens with zero attached hydrogens (tertiary/aromatic N) is 1. The third kappa shape index (κ3) is 19.7. The molecule has 0 aromatic carbocycles. The van der Waals surface area contributed by atoms with Crippen molar-refractivity contribution in [2.24, 2.45) is 0 Å². The van der Waals surface area contributed by atoms with Crippen LogP contribution < -0.4 is 21.3 Å². The number of rotatable bonds is 19. The van der Waals surface area contributed by atoms with Crippen molar-refractivity contribution in [2.75, 3.05) is 52.6 Å². The van der Waals surface area contributed by atoms with Gasteiger partial charge < -0.3 is 35.6 Å². The summed E-state index contributed by atoms with van der Waals surface area (Å²) in [4.78, 5) is 61.7. The van der Waals surface area contributed by atoms with Crippen LogP contribution in [0.4, 0.5) is 0 Å². The molecule has 13 heteroatoms. The largest absolute Gasteiger partial charge is 0.379 e. The third-order valence-corrected chi connectivity index (χ3v) is 4.99. The minimum absolute atomic E-state index is 0.0460. The summed E-state index contributed by atoms with van der Waals surface area (Å²) in [6.45, 7) is 12.1. The average molecular weight is 642 g/mol. The monoisotopic (exact) mass is 641 g/mol. The first-order valence-corrected chi connectivity index (χ1v) is 13.6. The van der Waals surface area contributed by atoms with Crippen molar-refractivity contribution >= 4 is 52.1 Å². The highest BCUT2D eigenvalue weighted by Crippen LogP contribution is 2.15. The summed E-state index contributed by atoms with van der Waals surface area (Å²) in [6, 6.07) is -0.189. The second-order valence-corrected chi connectivity index (χ2v) is 12.2. The molecule has 0 heterocycles. The van der Waals surface area contributed by atoms with E-state index in [2.05, 4.69) is 43.9 Å². The van der Waals surface area contributed by atoms with Crippen molar-refractivity contribution in [3.8, 4) is 0 Å². The Bertz CT molecular complexity index is 717. The van der Waals surface area contributed by atoms with Crippen molar-refractivity contribution in [1.29, 1.82) is 0 Å².